The van der Waals surface area contributed by atoms with E-state index in [-0.39, 0.29) is 13.2 Å². The Hall–Kier alpha value is -1.11. The predicted octanol–water partition coefficient (Wildman–Crippen LogP) is 1.67. The number of likely N-dealkylation sites (N-methyl/N-ethyl adjacent to an activating group) is 1. The van der Waals surface area contributed by atoms with Crippen molar-refractivity contribution in [3.05, 3.63) is 35.9 Å². The van der Waals surface area contributed by atoms with Crippen LogP contribution in [0.25, 0.3) is 0 Å². The van der Waals surface area contributed by atoms with Crippen LogP contribution in [0.4, 0.5) is 13.2 Å². The fourth-order valence-corrected chi connectivity index (χ4v) is 1.61. The van der Waals surface area contributed by atoms with Crippen molar-refractivity contribution in [2.45, 2.75) is 11.7 Å². The van der Waals surface area contributed by atoms with E-state index in [0.717, 1.165) is 0 Å². The largest absolute Gasteiger partial charge is 0.411 e. The van der Waals surface area contributed by atoms with Crippen molar-refractivity contribution in [2.24, 2.45) is 0 Å². The van der Waals surface area contributed by atoms with Gasteiger partial charge in [0.1, 0.15) is 6.61 Å². The third-order valence-electron chi connectivity index (χ3n) is 2.69. The summed E-state index contributed by atoms with van der Waals surface area (Å²) in [6, 6.07) is 8.74. The molecule has 3 nitrogen and oxygen atoms in total. The number of ether oxygens (including phenoxy) is 1. The van der Waals surface area contributed by atoms with Gasteiger partial charge in [-0.05, 0) is 12.6 Å². The molecule has 2 N–H and O–H groups in total. The van der Waals surface area contributed by atoms with Crippen molar-refractivity contribution in [2.75, 3.05) is 26.9 Å². The Balaban J connectivity index is 2.76. The van der Waals surface area contributed by atoms with Crippen LogP contribution in [-0.4, -0.2) is 38.2 Å². The summed E-state index contributed by atoms with van der Waals surface area (Å²) in [5.41, 5.74) is -0.343. The first-order valence-electron chi connectivity index (χ1n) is 5.43. The van der Waals surface area contributed by atoms with Gasteiger partial charge in [0.15, 0.2) is 0 Å². The van der Waals surface area contributed by atoms with E-state index in [1.165, 1.54) is 0 Å². The standard InChI is InChI=1S/C12H16F3NO2/c1-16-11(7-17,8-18-9-12(13,14)15)10-5-3-2-4-6-10/h2-6,16-17H,7-9H2,1H3. The fraction of sp³-hybridized carbons (Fsp3) is 0.500. The molecule has 0 aliphatic carbocycles. The van der Waals surface area contributed by atoms with Crippen LogP contribution in [0.5, 0.6) is 0 Å². The molecule has 1 aromatic carbocycles. The van der Waals surface area contributed by atoms with Gasteiger partial charge in [-0.25, -0.2) is 0 Å². The highest BCUT2D eigenvalue weighted by molar-refractivity contribution is 5.24. The summed E-state index contributed by atoms with van der Waals surface area (Å²) in [5.74, 6) is 0. The summed E-state index contributed by atoms with van der Waals surface area (Å²) in [5, 5.41) is 12.3. The van der Waals surface area contributed by atoms with Crippen LogP contribution in [0.3, 0.4) is 0 Å². The van der Waals surface area contributed by atoms with Crippen LogP contribution in [-0.2, 0) is 10.3 Å². The molecule has 0 heterocycles. The van der Waals surface area contributed by atoms with Crippen LogP contribution in [0, 0.1) is 0 Å². The maximum Gasteiger partial charge on any atom is 0.411 e. The molecule has 1 atom stereocenters. The lowest BCUT2D eigenvalue weighted by Crippen LogP contribution is -2.48. The van der Waals surface area contributed by atoms with Crippen molar-refractivity contribution < 1.29 is 23.0 Å². The molecule has 1 rings (SSSR count). The SMILES string of the molecule is CNC(CO)(COCC(F)(F)F)c1ccccc1. The summed E-state index contributed by atoms with van der Waals surface area (Å²) in [6.07, 6.45) is -4.37. The van der Waals surface area contributed by atoms with E-state index in [1.807, 2.05) is 0 Å². The summed E-state index contributed by atoms with van der Waals surface area (Å²) in [7, 11) is 1.57. The zero-order valence-corrected chi connectivity index (χ0v) is 10.00. The second-order valence-electron chi connectivity index (χ2n) is 3.96. The molecule has 0 amide bonds. The Kier molecular flexibility index (Phi) is 5.13. The number of aliphatic hydroxyl groups excluding tert-OH is 1. The predicted molar refractivity (Wildman–Crippen MR) is 61.1 cm³/mol. The van der Waals surface area contributed by atoms with E-state index in [0.29, 0.717) is 5.56 Å². The quantitative estimate of drug-likeness (QED) is 0.820. The molecule has 18 heavy (non-hydrogen) atoms. The van der Waals surface area contributed by atoms with Crippen LogP contribution in [0.15, 0.2) is 30.3 Å². The molecule has 0 aromatic heterocycles. The van der Waals surface area contributed by atoms with Gasteiger partial charge in [-0.15, -0.1) is 0 Å². The van der Waals surface area contributed by atoms with Gasteiger partial charge in [0.2, 0.25) is 0 Å². The topological polar surface area (TPSA) is 41.5 Å². The van der Waals surface area contributed by atoms with E-state index in [2.05, 4.69) is 10.1 Å². The molecule has 0 saturated heterocycles. The lowest BCUT2D eigenvalue weighted by Gasteiger charge is -2.32. The summed E-state index contributed by atoms with van der Waals surface area (Å²) in [6.45, 7) is -1.95. The zero-order valence-electron chi connectivity index (χ0n) is 10.00. The van der Waals surface area contributed by atoms with E-state index < -0.39 is 18.3 Å². The van der Waals surface area contributed by atoms with Crippen molar-refractivity contribution >= 4 is 0 Å². The lowest BCUT2D eigenvalue weighted by molar-refractivity contribution is -0.179. The molecular formula is C12H16F3NO2. The molecule has 102 valence electrons. The van der Waals surface area contributed by atoms with Crippen molar-refractivity contribution in [3.63, 3.8) is 0 Å². The average Bonchev–Trinajstić information content (AvgIpc) is 2.35. The van der Waals surface area contributed by atoms with Crippen molar-refractivity contribution in [1.82, 2.24) is 5.32 Å². The Morgan fingerprint density at radius 2 is 1.78 bits per heavy atom. The summed E-state index contributed by atoms with van der Waals surface area (Å²) in [4.78, 5) is 0. The molecule has 0 bridgehead atoms. The molecule has 0 fully saturated rings. The van der Waals surface area contributed by atoms with Crippen molar-refractivity contribution in [3.8, 4) is 0 Å². The molecule has 0 radical (unpaired) electrons. The first-order chi connectivity index (χ1) is 8.43. The summed E-state index contributed by atoms with van der Waals surface area (Å²) < 4.78 is 40.8. The van der Waals surface area contributed by atoms with Crippen LogP contribution in [0.2, 0.25) is 0 Å². The fourth-order valence-electron chi connectivity index (χ4n) is 1.61. The van der Waals surface area contributed by atoms with E-state index in [4.69, 9.17) is 0 Å². The number of hydrogen-bond donors (Lipinski definition) is 2. The third kappa shape index (κ3) is 3.97. The van der Waals surface area contributed by atoms with E-state index in [9.17, 15) is 18.3 Å². The minimum Gasteiger partial charge on any atom is -0.394 e. The van der Waals surface area contributed by atoms with Crippen molar-refractivity contribution in [1.29, 1.82) is 0 Å². The normalized spacial score (nSPS) is 15.4. The molecule has 1 aromatic rings. The highest BCUT2D eigenvalue weighted by Crippen LogP contribution is 2.22. The minimum atomic E-state index is -4.37. The Bertz CT molecular complexity index is 350. The van der Waals surface area contributed by atoms with E-state index in [1.54, 1.807) is 37.4 Å². The number of alkyl halides is 3. The maximum absolute atomic E-state index is 12.0. The number of halogens is 3. The first-order valence-corrected chi connectivity index (χ1v) is 5.43. The third-order valence-corrected chi connectivity index (χ3v) is 2.69. The highest BCUT2D eigenvalue weighted by Gasteiger charge is 2.33. The smallest absolute Gasteiger partial charge is 0.394 e. The Morgan fingerprint density at radius 1 is 1.17 bits per heavy atom. The van der Waals surface area contributed by atoms with Gasteiger partial charge in [-0.2, -0.15) is 13.2 Å². The van der Waals surface area contributed by atoms with Crippen LogP contribution < -0.4 is 5.32 Å². The number of benzene rings is 1. The van der Waals surface area contributed by atoms with Gasteiger partial charge in [-0.3, -0.25) is 0 Å². The van der Waals surface area contributed by atoms with Gasteiger partial charge in [0.25, 0.3) is 0 Å². The molecule has 0 aliphatic heterocycles. The van der Waals surface area contributed by atoms with Gasteiger partial charge in [-0.1, -0.05) is 30.3 Å². The average molecular weight is 263 g/mol. The minimum absolute atomic E-state index is 0.260. The van der Waals surface area contributed by atoms with Gasteiger partial charge >= 0.3 is 6.18 Å². The highest BCUT2D eigenvalue weighted by atomic mass is 19.4. The molecule has 6 heteroatoms. The van der Waals surface area contributed by atoms with Crippen LogP contribution >= 0.6 is 0 Å². The molecular weight excluding hydrogens is 247 g/mol. The van der Waals surface area contributed by atoms with Gasteiger partial charge in [0.05, 0.1) is 18.8 Å². The summed E-state index contributed by atoms with van der Waals surface area (Å²) >= 11 is 0. The molecule has 0 aliphatic rings. The van der Waals surface area contributed by atoms with Crippen LogP contribution in [0.1, 0.15) is 5.56 Å². The number of hydrogen-bond acceptors (Lipinski definition) is 3. The molecule has 1 unspecified atom stereocenters. The molecule has 0 spiro atoms. The molecule has 0 saturated carbocycles. The second kappa shape index (κ2) is 6.17. The zero-order chi connectivity index (χ0) is 13.6. The number of aliphatic hydroxyl groups is 1. The van der Waals surface area contributed by atoms with Gasteiger partial charge in [0, 0.05) is 0 Å². The second-order valence-corrected chi connectivity index (χ2v) is 3.96. The lowest BCUT2D eigenvalue weighted by atomic mass is 9.92. The number of nitrogens with one attached hydrogen (secondary N) is 1. The number of rotatable bonds is 6. The Labute approximate surface area is 104 Å². The maximum atomic E-state index is 12.0. The Morgan fingerprint density at radius 3 is 2.22 bits per heavy atom. The first kappa shape index (κ1) is 14.9. The van der Waals surface area contributed by atoms with E-state index >= 15 is 0 Å². The van der Waals surface area contributed by atoms with Gasteiger partial charge < -0.3 is 15.2 Å². The monoisotopic (exact) mass is 263 g/mol.